The number of sulfonamides is 1. The smallest absolute Gasteiger partial charge is 0.251 e. The molecule has 0 atom stereocenters. The molecule has 2 rings (SSSR count). The van der Waals surface area contributed by atoms with Gasteiger partial charge in [0.2, 0.25) is 10.0 Å². The van der Waals surface area contributed by atoms with Gasteiger partial charge in [-0.2, -0.15) is 0 Å². The van der Waals surface area contributed by atoms with Crippen molar-refractivity contribution < 1.29 is 17.9 Å². The number of methoxy groups -OCH3 is 1. The third-order valence-corrected chi connectivity index (χ3v) is 5.16. The normalized spacial score (nSPS) is 17.1. The summed E-state index contributed by atoms with van der Waals surface area (Å²) in [6.45, 7) is 0.385. The number of rotatable bonds is 5. The van der Waals surface area contributed by atoms with E-state index in [0.717, 1.165) is 19.3 Å². The molecule has 1 saturated carbocycles. The monoisotopic (exact) mass is 332 g/mol. The maximum Gasteiger partial charge on any atom is 0.251 e. The van der Waals surface area contributed by atoms with E-state index in [0.29, 0.717) is 6.54 Å². The molecule has 6 nitrogen and oxygen atoms in total. The number of hydrogen-bond acceptors (Lipinski definition) is 4. The number of ether oxygens (including phenoxy) is 1. The Labute approximate surface area is 128 Å². The fourth-order valence-electron chi connectivity index (χ4n) is 2.23. The number of benzene rings is 1. The first kappa shape index (κ1) is 16.2. The van der Waals surface area contributed by atoms with Crippen LogP contribution < -0.4 is 10.5 Å². The number of amides is 1. The van der Waals surface area contributed by atoms with Gasteiger partial charge in [0.05, 0.1) is 10.6 Å². The molecule has 21 heavy (non-hydrogen) atoms. The maximum atomic E-state index is 12.1. The van der Waals surface area contributed by atoms with Gasteiger partial charge in [0.25, 0.3) is 5.91 Å². The van der Waals surface area contributed by atoms with Crippen LogP contribution in [-0.4, -0.2) is 33.6 Å². The third kappa shape index (κ3) is 3.55. The predicted octanol–water partition coefficient (Wildman–Crippen LogP) is 1.29. The highest BCUT2D eigenvalue weighted by atomic mass is 35.5. The number of primary sulfonamides is 1. The Balaban J connectivity index is 2.13. The molecule has 1 aliphatic carbocycles. The number of carbonyl (C=O) groups excluding carboxylic acids is 1. The van der Waals surface area contributed by atoms with Gasteiger partial charge in [0, 0.05) is 19.2 Å². The molecule has 0 bridgehead atoms. The van der Waals surface area contributed by atoms with Crippen molar-refractivity contribution >= 4 is 27.5 Å². The summed E-state index contributed by atoms with van der Waals surface area (Å²) in [6, 6.07) is 3.96. The van der Waals surface area contributed by atoms with Crippen molar-refractivity contribution in [3.05, 3.63) is 28.8 Å². The minimum absolute atomic E-state index is 0.0126. The van der Waals surface area contributed by atoms with Crippen LogP contribution in [0.15, 0.2) is 23.1 Å². The molecule has 0 radical (unpaired) electrons. The Bertz CT molecular complexity index is 651. The summed E-state index contributed by atoms with van der Waals surface area (Å²) in [5.41, 5.74) is -0.112. The molecular formula is C13H17ClN2O4S. The Morgan fingerprint density at radius 1 is 1.48 bits per heavy atom. The van der Waals surface area contributed by atoms with Gasteiger partial charge in [-0.25, -0.2) is 13.6 Å². The number of halogens is 1. The standard InChI is InChI=1S/C13H17ClN2O4S/c1-20-13(5-2-6-13)8-16-12(17)9-3-4-10(14)11(7-9)21(15,18)19/h3-4,7H,2,5-6,8H2,1H3,(H,16,17)(H2,15,18,19). The van der Waals surface area contributed by atoms with Crippen LogP contribution in [0.5, 0.6) is 0 Å². The zero-order valence-electron chi connectivity index (χ0n) is 11.6. The van der Waals surface area contributed by atoms with Gasteiger partial charge < -0.3 is 10.1 Å². The highest BCUT2D eigenvalue weighted by molar-refractivity contribution is 7.89. The average molecular weight is 333 g/mol. The van der Waals surface area contributed by atoms with Crippen molar-refractivity contribution in [1.82, 2.24) is 5.32 Å². The van der Waals surface area contributed by atoms with Crippen molar-refractivity contribution in [3.8, 4) is 0 Å². The predicted molar refractivity (Wildman–Crippen MR) is 78.7 cm³/mol. The van der Waals surface area contributed by atoms with E-state index in [2.05, 4.69) is 5.32 Å². The first-order valence-electron chi connectivity index (χ1n) is 6.43. The molecule has 1 aromatic carbocycles. The summed E-state index contributed by atoms with van der Waals surface area (Å²) < 4.78 is 28.2. The summed E-state index contributed by atoms with van der Waals surface area (Å²) in [5.74, 6) is -0.389. The van der Waals surface area contributed by atoms with Gasteiger partial charge in [-0.15, -0.1) is 0 Å². The fourth-order valence-corrected chi connectivity index (χ4v) is 3.30. The molecule has 0 heterocycles. The van der Waals surface area contributed by atoms with Crippen LogP contribution >= 0.6 is 11.6 Å². The highest BCUT2D eigenvalue weighted by Gasteiger charge is 2.37. The molecule has 3 N–H and O–H groups in total. The van der Waals surface area contributed by atoms with Crippen molar-refractivity contribution in [2.24, 2.45) is 5.14 Å². The molecular weight excluding hydrogens is 316 g/mol. The summed E-state index contributed by atoms with van der Waals surface area (Å²) in [4.78, 5) is 11.8. The van der Waals surface area contributed by atoms with E-state index < -0.39 is 10.0 Å². The number of nitrogens with two attached hydrogens (primary N) is 1. The summed E-state index contributed by atoms with van der Waals surface area (Å²) >= 11 is 5.78. The van der Waals surface area contributed by atoms with Gasteiger partial charge >= 0.3 is 0 Å². The lowest BCUT2D eigenvalue weighted by molar-refractivity contribution is -0.0679. The molecule has 0 aromatic heterocycles. The van der Waals surface area contributed by atoms with Crippen molar-refractivity contribution in [1.29, 1.82) is 0 Å². The van der Waals surface area contributed by atoms with E-state index in [1.807, 2.05) is 0 Å². The van der Waals surface area contributed by atoms with Crippen molar-refractivity contribution in [3.63, 3.8) is 0 Å². The highest BCUT2D eigenvalue weighted by Crippen LogP contribution is 2.34. The minimum atomic E-state index is -3.97. The zero-order valence-corrected chi connectivity index (χ0v) is 13.1. The lowest BCUT2D eigenvalue weighted by atomic mass is 9.80. The molecule has 0 aliphatic heterocycles. The van der Waals surface area contributed by atoms with E-state index in [4.69, 9.17) is 21.5 Å². The van der Waals surface area contributed by atoms with Crippen LogP contribution in [0.2, 0.25) is 5.02 Å². The second kappa shape index (κ2) is 5.92. The van der Waals surface area contributed by atoms with Gasteiger partial charge in [0.15, 0.2) is 0 Å². The Kier molecular flexibility index (Phi) is 4.57. The van der Waals surface area contributed by atoms with E-state index in [1.54, 1.807) is 7.11 Å². The third-order valence-electron chi connectivity index (χ3n) is 3.77. The van der Waals surface area contributed by atoms with Crippen LogP contribution in [0.25, 0.3) is 0 Å². The van der Waals surface area contributed by atoms with E-state index in [-0.39, 0.29) is 27.0 Å². The van der Waals surface area contributed by atoms with Gasteiger partial charge in [-0.05, 0) is 37.5 Å². The number of hydrogen-bond donors (Lipinski definition) is 2. The van der Waals surface area contributed by atoms with Crippen LogP contribution in [-0.2, 0) is 14.8 Å². The molecule has 0 saturated heterocycles. The lowest BCUT2D eigenvalue weighted by Crippen LogP contribution is -2.49. The molecule has 116 valence electrons. The van der Waals surface area contributed by atoms with Crippen LogP contribution in [0.3, 0.4) is 0 Å². The van der Waals surface area contributed by atoms with Crippen LogP contribution in [0, 0.1) is 0 Å². The molecule has 1 aromatic rings. The average Bonchev–Trinajstić information content (AvgIpc) is 2.37. The fraction of sp³-hybridized carbons (Fsp3) is 0.462. The lowest BCUT2D eigenvalue weighted by Gasteiger charge is -2.40. The summed E-state index contributed by atoms with van der Waals surface area (Å²) in [5, 5.41) is 7.79. The second-order valence-electron chi connectivity index (χ2n) is 5.11. The first-order chi connectivity index (χ1) is 9.77. The van der Waals surface area contributed by atoms with Gasteiger partial charge in [-0.1, -0.05) is 11.6 Å². The summed E-state index contributed by atoms with van der Waals surface area (Å²) in [7, 11) is -2.35. The van der Waals surface area contributed by atoms with E-state index in [1.165, 1.54) is 18.2 Å². The van der Waals surface area contributed by atoms with Crippen LogP contribution in [0.4, 0.5) is 0 Å². The molecule has 8 heteroatoms. The first-order valence-corrected chi connectivity index (χ1v) is 8.36. The molecule has 0 unspecified atom stereocenters. The summed E-state index contributed by atoms with van der Waals surface area (Å²) in [6.07, 6.45) is 2.86. The van der Waals surface area contributed by atoms with E-state index in [9.17, 15) is 13.2 Å². The van der Waals surface area contributed by atoms with Crippen LogP contribution in [0.1, 0.15) is 29.6 Å². The van der Waals surface area contributed by atoms with E-state index >= 15 is 0 Å². The SMILES string of the molecule is COC1(CNC(=O)c2ccc(Cl)c(S(N)(=O)=O)c2)CCC1. The number of nitrogens with one attached hydrogen (secondary N) is 1. The molecule has 1 aliphatic rings. The number of carbonyl (C=O) groups is 1. The Hall–Kier alpha value is -1.15. The molecule has 0 spiro atoms. The zero-order chi connectivity index (χ0) is 15.7. The quantitative estimate of drug-likeness (QED) is 0.848. The van der Waals surface area contributed by atoms with Gasteiger partial charge in [-0.3, -0.25) is 4.79 Å². The molecule has 1 fully saturated rings. The van der Waals surface area contributed by atoms with Crippen molar-refractivity contribution in [2.75, 3.05) is 13.7 Å². The molecule has 1 amide bonds. The second-order valence-corrected chi connectivity index (χ2v) is 7.05. The van der Waals surface area contributed by atoms with Gasteiger partial charge in [0.1, 0.15) is 4.90 Å². The largest absolute Gasteiger partial charge is 0.376 e. The topological polar surface area (TPSA) is 98.5 Å². The van der Waals surface area contributed by atoms with Crippen molar-refractivity contribution in [2.45, 2.75) is 29.8 Å². The minimum Gasteiger partial charge on any atom is -0.376 e. The Morgan fingerprint density at radius 2 is 2.14 bits per heavy atom. The maximum absolute atomic E-state index is 12.1. The Morgan fingerprint density at radius 3 is 2.62 bits per heavy atom.